The summed E-state index contributed by atoms with van der Waals surface area (Å²) in [5, 5.41) is 11.3. The van der Waals surface area contributed by atoms with Gasteiger partial charge in [0.15, 0.2) is 0 Å². The minimum atomic E-state index is -0.356. The topological polar surface area (TPSA) is 84.7 Å². The van der Waals surface area contributed by atoms with Crippen molar-refractivity contribution in [2.75, 3.05) is 18.5 Å². The van der Waals surface area contributed by atoms with Gasteiger partial charge in [-0.1, -0.05) is 0 Å². The number of hydrogen-bond acceptors (Lipinski definition) is 5. The van der Waals surface area contributed by atoms with Gasteiger partial charge in [-0.05, 0) is 37.8 Å². The average Bonchev–Trinajstić information content (AvgIpc) is 3.18. The maximum Gasteiger partial charge on any atom is 0.228 e. The molecule has 3 aromatic heterocycles. The van der Waals surface area contributed by atoms with Crippen LogP contribution in [0.25, 0.3) is 22.0 Å². The Morgan fingerprint density at radius 3 is 2.69 bits per heavy atom. The van der Waals surface area contributed by atoms with Gasteiger partial charge in [-0.3, -0.25) is 14.5 Å². The zero-order valence-corrected chi connectivity index (χ0v) is 16.4. The van der Waals surface area contributed by atoms with Gasteiger partial charge >= 0.3 is 0 Å². The Kier molecular flexibility index (Phi) is 5.80. The number of pyridine rings is 2. The van der Waals surface area contributed by atoms with Gasteiger partial charge in [-0.15, -0.1) is 0 Å². The molecule has 4 rings (SSSR count). The molecule has 29 heavy (non-hydrogen) atoms. The van der Waals surface area contributed by atoms with Crippen LogP contribution in [-0.4, -0.2) is 44.9 Å². The fourth-order valence-electron chi connectivity index (χ4n) is 3.87. The number of carbonyl (C=O) groups is 1. The van der Waals surface area contributed by atoms with E-state index in [0.717, 1.165) is 47.7 Å². The van der Waals surface area contributed by atoms with Gasteiger partial charge < -0.3 is 10.6 Å². The second kappa shape index (κ2) is 8.65. The molecule has 1 aliphatic rings. The number of nitrogens with zero attached hydrogens (tertiary/aromatic N) is 4. The van der Waals surface area contributed by atoms with Crippen LogP contribution >= 0.6 is 0 Å². The Morgan fingerprint density at radius 2 is 1.97 bits per heavy atom. The molecular weight excluding hydrogens is 371 g/mol. The predicted octanol–water partition coefficient (Wildman–Crippen LogP) is 3.09. The smallest absolute Gasteiger partial charge is 0.228 e. The summed E-state index contributed by atoms with van der Waals surface area (Å²) in [5.41, 5.74) is 2.73. The Bertz CT molecular complexity index is 996. The van der Waals surface area contributed by atoms with Crippen LogP contribution in [0.1, 0.15) is 25.7 Å². The number of fused-ring (bicyclic) bond motifs is 1. The third-order valence-corrected chi connectivity index (χ3v) is 5.48. The SMILES string of the molecule is Cn1cc(-c2cnc3cnc(NC(=O)C4CCC(NCCF)CC4)cc3c2)cn1. The summed E-state index contributed by atoms with van der Waals surface area (Å²) in [5.74, 6) is 0.498. The minimum Gasteiger partial charge on any atom is -0.311 e. The summed E-state index contributed by atoms with van der Waals surface area (Å²) in [7, 11) is 1.88. The van der Waals surface area contributed by atoms with Crippen molar-refractivity contribution in [3.8, 4) is 11.1 Å². The van der Waals surface area contributed by atoms with Crippen LogP contribution in [-0.2, 0) is 11.8 Å². The van der Waals surface area contributed by atoms with Gasteiger partial charge in [-0.25, -0.2) is 9.37 Å². The molecule has 0 radical (unpaired) electrons. The van der Waals surface area contributed by atoms with Crippen LogP contribution in [0, 0.1) is 5.92 Å². The summed E-state index contributed by atoms with van der Waals surface area (Å²) in [6, 6.07) is 4.19. The van der Waals surface area contributed by atoms with Crippen molar-refractivity contribution in [1.82, 2.24) is 25.1 Å². The van der Waals surface area contributed by atoms with Crippen LogP contribution in [0.2, 0.25) is 0 Å². The lowest BCUT2D eigenvalue weighted by molar-refractivity contribution is -0.120. The summed E-state index contributed by atoms with van der Waals surface area (Å²) in [6.45, 7) is 0.0308. The molecule has 0 aromatic carbocycles. The van der Waals surface area contributed by atoms with Gasteiger partial charge in [0, 0.05) is 54.5 Å². The van der Waals surface area contributed by atoms with E-state index in [1.54, 1.807) is 23.3 Å². The van der Waals surface area contributed by atoms with Crippen LogP contribution in [0.4, 0.5) is 10.2 Å². The number of amides is 1. The molecule has 8 heteroatoms. The van der Waals surface area contributed by atoms with E-state index in [4.69, 9.17) is 0 Å². The first-order valence-electron chi connectivity index (χ1n) is 9.97. The summed E-state index contributed by atoms with van der Waals surface area (Å²) < 4.78 is 14.0. The standard InChI is InChI=1S/C21H25FN6O/c1-28-13-17(11-26-28)16-8-15-9-20(25-12-19(15)24-10-16)27-21(29)14-2-4-18(5-3-14)23-7-6-22/h8-14,18,23H,2-7H2,1H3,(H,25,27,29). The fraction of sp³-hybridized carbons (Fsp3) is 0.429. The Labute approximate surface area is 168 Å². The molecule has 1 fully saturated rings. The van der Waals surface area contributed by atoms with E-state index in [9.17, 15) is 9.18 Å². The highest BCUT2D eigenvalue weighted by molar-refractivity contribution is 5.94. The molecule has 3 aromatic rings. The molecule has 2 N–H and O–H groups in total. The molecule has 0 spiro atoms. The zero-order valence-electron chi connectivity index (χ0n) is 16.4. The molecule has 0 bridgehead atoms. The average molecular weight is 396 g/mol. The van der Waals surface area contributed by atoms with E-state index in [0.29, 0.717) is 18.4 Å². The van der Waals surface area contributed by atoms with Gasteiger partial charge in [0.1, 0.15) is 12.5 Å². The first kappa shape index (κ1) is 19.4. The highest BCUT2D eigenvalue weighted by Crippen LogP contribution is 2.27. The lowest BCUT2D eigenvalue weighted by atomic mass is 9.85. The largest absolute Gasteiger partial charge is 0.311 e. The van der Waals surface area contributed by atoms with Gasteiger partial charge in [0.2, 0.25) is 5.91 Å². The monoisotopic (exact) mass is 396 g/mol. The van der Waals surface area contributed by atoms with E-state index in [2.05, 4.69) is 25.7 Å². The van der Waals surface area contributed by atoms with Gasteiger partial charge in [0.05, 0.1) is 17.9 Å². The number of rotatable bonds is 6. The number of aromatic nitrogens is 4. The third-order valence-electron chi connectivity index (χ3n) is 5.48. The van der Waals surface area contributed by atoms with E-state index >= 15 is 0 Å². The molecule has 0 unspecified atom stereocenters. The molecule has 152 valence electrons. The number of nitrogens with one attached hydrogen (secondary N) is 2. The Balaban J connectivity index is 1.43. The van der Waals surface area contributed by atoms with Gasteiger partial charge in [0.25, 0.3) is 0 Å². The summed E-state index contributed by atoms with van der Waals surface area (Å²) in [4.78, 5) is 21.5. The van der Waals surface area contributed by atoms with Gasteiger partial charge in [-0.2, -0.15) is 5.10 Å². The van der Waals surface area contributed by atoms with Crippen LogP contribution in [0.5, 0.6) is 0 Å². The van der Waals surface area contributed by atoms with E-state index in [1.165, 1.54) is 0 Å². The molecule has 0 atom stereocenters. The second-order valence-electron chi connectivity index (χ2n) is 7.57. The normalized spacial score (nSPS) is 19.4. The maximum absolute atomic E-state index is 12.7. The van der Waals surface area contributed by atoms with Crippen molar-refractivity contribution in [3.63, 3.8) is 0 Å². The molecule has 1 saturated carbocycles. The van der Waals surface area contributed by atoms with Crippen LogP contribution in [0.3, 0.4) is 0 Å². The van der Waals surface area contributed by atoms with Crippen molar-refractivity contribution in [2.24, 2.45) is 13.0 Å². The number of hydrogen-bond donors (Lipinski definition) is 2. The lowest BCUT2D eigenvalue weighted by Crippen LogP contribution is -2.37. The van der Waals surface area contributed by atoms with Crippen molar-refractivity contribution in [3.05, 3.63) is 36.9 Å². The number of anilines is 1. The van der Waals surface area contributed by atoms with Crippen LogP contribution < -0.4 is 10.6 Å². The molecule has 0 aliphatic heterocycles. The number of aryl methyl sites for hydroxylation is 1. The number of halogens is 1. The van der Waals surface area contributed by atoms with Crippen molar-refractivity contribution in [1.29, 1.82) is 0 Å². The van der Waals surface area contributed by atoms with Crippen LogP contribution in [0.15, 0.2) is 36.9 Å². The molecule has 1 amide bonds. The predicted molar refractivity (Wildman–Crippen MR) is 110 cm³/mol. The Hall–Kier alpha value is -2.87. The molecule has 1 aliphatic carbocycles. The van der Waals surface area contributed by atoms with Crippen molar-refractivity contribution in [2.45, 2.75) is 31.7 Å². The second-order valence-corrected chi connectivity index (χ2v) is 7.57. The highest BCUT2D eigenvalue weighted by atomic mass is 19.1. The fourth-order valence-corrected chi connectivity index (χ4v) is 3.87. The molecule has 0 saturated heterocycles. The van der Waals surface area contributed by atoms with Crippen molar-refractivity contribution < 1.29 is 9.18 Å². The first-order chi connectivity index (χ1) is 14.1. The van der Waals surface area contributed by atoms with E-state index in [1.807, 2.05) is 25.4 Å². The molecular formula is C21H25FN6O. The Morgan fingerprint density at radius 1 is 1.14 bits per heavy atom. The maximum atomic E-state index is 12.7. The van der Waals surface area contributed by atoms with Crippen molar-refractivity contribution >= 4 is 22.6 Å². The summed E-state index contributed by atoms with van der Waals surface area (Å²) >= 11 is 0. The molecule has 3 heterocycles. The van der Waals surface area contributed by atoms with E-state index < -0.39 is 0 Å². The number of carbonyl (C=O) groups excluding carboxylic acids is 1. The molecule has 7 nitrogen and oxygen atoms in total. The highest BCUT2D eigenvalue weighted by Gasteiger charge is 2.26. The van der Waals surface area contributed by atoms with E-state index in [-0.39, 0.29) is 18.5 Å². The quantitative estimate of drug-likeness (QED) is 0.669. The first-order valence-corrected chi connectivity index (χ1v) is 9.97. The minimum absolute atomic E-state index is 0.00263. The third kappa shape index (κ3) is 4.59. The lowest BCUT2D eigenvalue weighted by Gasteiger charge is -2.28. The summed E-state index contributed by atoms with van der Waals surface area (Å²) in [6.07, 6.45) is 10.6. The zero-order chi connectivity index (χ0) is 20.2. The number of alkyl halides is 1.